The smallest absolute Gasteiger partial charge is 0.253 e. The Morgan fingerprint density at radius 2 is 1.71 bits per heavy atom. The van der Waals surface area contributed by atoms with Crippen LogP contribution in [0.2, 0.25) is 0 Å². The minimum atomic E-state index is -0.349. The number of aryl methyl sites for hydroxylation is 2. The van der Waals surface area contributed by atoms with E-state index in [-0.39, 0.29) is 23.5 Å². The number of nitrogens with zero attached hydrogens (tertiary/aromatic N) is 2. The van der Waals surface area contributed by atoms with Crippen molar-refractivity contribution in [1.29, 1.82) is 0 Å². The highest BCUT2D eigenvalue weighted by Crippen LogP contribution is 2.31. The Morgan fingerprint density at radius 1 is 1.00 bits per heavy atom. The summed E-state index contributed by atoms with van der Waals surface area (Å²) < 4.78 is 13.1. The van der Waals surface area contributed by atoms with E-state index in [1.54, 1.807) is 4.90 Å². The van der Waals surface area contributed by atoms with Crippen molar-refractivity contribution in [3.63, 3.8) is 0 Å². The molecule has 2 aliphatic rings. The highest BCUT2D eigenvalue weighted by atomic mass is 19.1. The molecule has 28 heavy (non-hydrogen) atoms. The van der Waals surface area contributed by atoms with Crippen LogP contribution >= 0.6 is 0 Å². The molecule has 0 N–H and O–H groups in total. The average Bonchev–Trinajstić information content (AvgIpc) is 2.73. The Kier molecular flexibility index (Phi) is 5.16. The molecule has 2 amide bonds. The van der Waals surface area contributed by atoms with Crippen molar-refractivity contribution in [2.75, 3.05) is 24.5 Å². The number of hydrogen-bond donors (Lipinski definition) is 0. The quantitative estimate of drug-likeness (QED) is 0.791. The standard InChI is InChI=1S/C23H25FN2O2/c1-16-4-9-21-19(15-16)3-2-12-26(21)23(28)18-10-13-25(14-11-18)22(27)17-5-7-20(24)8-6-17/h4-9,15,18H,2-3,10-14H2,1H3. The summed E-state index contributed by atoms with van der Waals surface area (Å²) in [6.45, 7) is 3.96. The van der Waals surface area contributed by atoms with E-state index >= 15 is 0 Å². The first-order chi connectivity index (χ1) is 13.5. The summed E-state index contributed by atoms with van der Waals surface area (Å²) in [4.78, 5) is 29.5. The number of fused-ring (bicyclic) bond motifs is 1. The number of benzene rings is 2. The fourth-order valence-corrected chi connectivity index (χ4v) is 4.28. The molecule has 2 aliphatic heterocycles. The van der Waals surface area contributed by atoms with E-state index in [1.165, 1.54) is 35.4 Å². The van der Waals surface area contributed by atoms with Crippen LogP contribution in [0.25, 0.3) is 0 Å². The second-order valence-electron chi connectivity index (χ2n) is 7.80. The second kappa shape index (κ2) is 7.74. The summed E-state index contributed by atoms with van der Waals surface area (Å²) in [5.41, 5.74) is 4.02. The number of amides is 2. The van der Waals surface area contributed by atoms with E-state index in [0.717, 1.165) is 25.1 Å². The van der Waals surface area contributed by atoms with Gasteiger partial charge in [0.1, 0.15) is 5.82 Å². The lowest BCUT2D eigenvalue weighted by Gasteiger charge is -2.36. The predicted octanol–water partition coefficient (Wildman–Crippen LogP) is 3.97. The highest BCUT2D eigenvalue weighted by molar-refractivity contribution is 5.97. The zero-order valence-electron chi connectivity index (χ0n) is 16.2. The molecule has 0 aromatic heterocycles. The van der Waals surface area contributed by atoms with Crippen LogP contribution in [0.1, 0.15) is 40.7 Å². The van der Waals surface area contributed by atoms with Crippen molar-refractivity contribution in [3.05, 3.63) is 65.0 Å². The highest BCUT2D eigenvalue weighted by Gasteiger charge is 2.32. The molecule has 0 atom stereocenters. The van der Waals surface area contributed by atoms with Crippen molar-refractivity contribution in [2.24, 2.45) is 5.92 Å². The van der Waals surface area contributed by atoms with Gasteiger partial charge in [-0.05, 0) is 68.5 Å². The third kappa shape index (κ3) is 3.66. The van der Waals surface area contributed by atoms with Gasteiger partial charge in [0.05, 0.1) is 0 Å². The molecule has 4 rings (SSSR count). The van der Waals surface area contributed by atoms with Gasteiger partial charge in [0.15, 0.2) is 0 Å². The molecule has 1 saturated heterocycles. The lowest BCUT2D eigenvalue weighted by molar-refractivity contribution is -0.123. The first kappa shape index (κ1) is 18.7. The van der Waals surface area contributed by atoms with Crippen molar-refractivity contribution in [1.82, 2.24) is 4.90 Å². The molecule has 0 radical (unpaired) electrons. The third-order valence-electron chi connectivity index (χ3n) is 5.84. The normalized spacial score (nSPS) is 17.4. The summed E-state index contributed by atoms with van der Waals surface area (Å²) in [6.07, 6.45) is 3.35. The number of piperidine rings is 1. The van der Waals surface area contributed by atoms with Crippen LogP contribution in [0.5, 0.6) is 0 Å². The number of hydrogen-bond acceptors (Lipinski definition) is 2. The van der Waals surface area contributed by atoms with E-state index < -0.39 is 0 Å². The molecular formula is C23H25FN2O2. The van der Waals surface area contributed by atoms with Gasteiger partial charge in [-0.15, -0.1) is 0 Å². The lowest BCUT2D eigenvalue weighted by atomic mass is 9.92. The minimum Gasteiger partial charge on any atom is -0.339 e. The van der Waals surface area contributed by atoms with E-state index in [9.17, 15) is 14.0 Å². The Morgan fingerprint density at radius 3 is 2.43 bits per heavy atom. The van der Waals surface area contributed by atoms with Crippen LogP contribution in [0, 0.1) is 18.7 Å². The van der Waals surface area contributed by atoms with Crippen molar-refractivity contribution < 1.29 is 14.0 Å². The number of carbonyl (C=O) groups is 2. The van der Waals surface area contributed by atoms with Gasteiger partial charge < -0.3 is 9.80 Å². The maximum atomic E-state index is 13.2. The van der Waals surface area contributed by atoms with Crippen molar-refractivity contribution in [2.45, 2.75) is 32.6 Å². The van der Waals surface area contributed by atoms with Crippen molar-refractivity contribution >= 4 is 17.5 Å². The summed E-state index contributed by atoms with van der Waals surface area (Å²) in [5.74, 6) is -0.314. The number of halogens is 1. The fourth-order valence-electron chi connectivity index (χ4n) is 4.28. The SMILES string of the molecule is Cc1ccc2c(c1)CCCN2C(=O)C1CCN(C(=O)c2ccc(F)cc2)CC1. The van der Waals surface area contributed by atoms with Gasteiger partial charge >= 0.3 is 0 Å². The zero-order chi connectivity index (χ0) is 19.7. The first-order valence-electron chi connectivity index (χ1n) is 9.98. The topological polar surface area (TPSA) is 40.6 Å². The lowest BCUT2D eigenvalue weighted by Crippen LogP contribution is -2.45. The zero-order valence-corrected chi connectivity index (χ0v) is 16.2. The molecule has 0 bridgehead atoms. The molecule has 2 heterocycles. The Hall–Kier alpha value is -2.69. The average molecular weight is 380 g/mol. The van der Waals surface area contributed by atoms with Crippen LogP contribution < -0.4 is 4.90 Å². The first-order valence-corrected chi connectivity index (χ1v) is 9.98. The molecule has 1 fully saturated rings. The number of anilines is 1. The molecule has 4 nitrogen and oxygen atoms in total. The van der Waals surface area contributed by atoms with E-state index in [0.29, 0.717) is 31.5 Å². The summed E-state index contributed by atoms with van der Waals surface area (Å²) in [7, 11) is 0. The van der Waals surface area contributed by atoms with Gasteiger partial charge in [0.25, 0.3) is 5.91 Å². The molecule has 0 spiro atoms. The summed E-state index contributed by atoms with van der Waals surface area (Å²) in [6, 6.07) is 11.9. The number of likely N-dealkylation sites (tertiary alicyclic amines) is 1. The Labute approximate surface area is 164 Å². The predicted molar refractivity (Wildman–Crippen MR) is 107 cm³/mol. The van der Waals surface area contributed by atoms with Gasteiger partial charge in [-0.25, -0.2) is 4.39 Å². The number of rotatable bonds is 2. The maximum absolute atomic E-state index is 13.2. The maximum Gasteiger partial charge on any atom is 0.253 e. The van der Waals surface area contributed by atoms with Gasteiger partial charge in [-0.1, -0.05) is 17.7 Å². The molecule has 0 saturated carbocycles. The van der Waals surface area contributed by atoms with Gasteiger partial charge in [-0.3, -0.25) is 9.59 Å². The van der Waals surface area contributed by atoms with Crippen LogP contribution in [-0.2, 0) is 11.2 Å². The van der Waals surface area contributed by atoms with Gasteiger partial charge in [-0.2, -0.15) is 0 Å². The minimum absolute atomic E-state index is 0.0514. The van der Waals surface area contributed by atoms with Crippen LogP contribution in [-0.4, -0.2) is 36.3 Å². The molecule has 2 aromatic rings. The fraction of sp³-hybridized carbons (Fsp3) is 0.391. The third-order valence-corrected chi connectivity index (χ3v) is 5.84. The van der Waals surface area contributed by atoms with Crippen LogP contribution in [0.3, 0.4) is 0 Å². The van der Waals surface area contributed by atoms with Crippen LogP contribution in [0.15, 0.2) is 42.5 Å². The molecular weight excluding hydrogens is 355 g/mol. The van der Waals surface area contributed by atoms with Crippen molar-refractivity contribution in [3.8, 4) is 0 Å². The van der Waals surface area contributed by atoms with E-state index in [4.69, 9.17) is 0 Å². The Bertz CT molecular complexity index is 886. The second-order valence-corrected chi connectivity index (χ2v) is 7.80. The molecule has 0 unspecified atom stereocenters. The summed E-state index contributed by atoms with van der Waals surface area (Å²) >= 11 is 0. The van der Waals surface area contributed by atoms with Crippen LogP contribution in [0.4, 0.5) is 10.1 Å². The monoisotopic (exact) mass is 380 g/mol. The van der Waals surface area contributed by atoms with E-state index in [1.807, 2.05) is 4.90 Å². The number of carbonyl (C=O) groups excluding carboxylic acids is 2. The van der Waals surface area contributed by atoms with E-state index in [2.05, 4.69) is 25.1 Å². The summed E-state index contributed by atoms with van der Waals surface area (Å²) in [5, 5.41) is 0. The molecule has 2 aromatic carbocycles. The molecule has 5 heteroatoms. The van der Waals surface area contributed by atoms with Gasteiger partial charge in [0.2, 0.25) is 5.91 Å². The molecule has 0 aliphatic carbocycles. The largest absolute Gasteiger partial charge is 0.339 e. The Balaban J connectivity index is 1.41. The van der Waals surface area contributed by atoms with Gasteiger partial charge in [0, 0.05) is 36.8 Å². The molecule has 146 valence electrons.